The van der Waals surface area contributed by atoms with E-state index in [9.17, 15) is 4.79 Å². The van der Waals surface area contributed by atoms with Gasteiger partial charge < -0.3 is 10.7 Å². The number of hydrogen-bond donors (Lipinski definition) is 2. The van der Waals surface area contributed by atoms with Crippen molar-refractivity contribution < 1.29 is 4.79 Å². The zero-order valence-corrected chi connectivity index (χ0v) is 8.10. The Bertz CT molecular complexity index is 462. The van der Waals surface area contributed by atoms with E-state index in [1.54, 1.807) is 0 Å². The minimum atomic E-state index is -0.498. The van der Waals surface area contributed by atoms with Crippen molar-refractivity contribution in [2.45, 2.75) is 6.42 Å². The molecule has 0 fully saturated rings. The molecule has 1 heterocycles. The van der Waals surface area contributed by atoms with Crippen molar-refractivity contribution in [3.05, 3.63) is 53.6 Å². The molecule has 0 aliphatic heterocycles. The molecule has 0 aliphatic rings. The Kier molecular flexibility index (Phi) is 2.49. The van der Waals surface area contributed by atoms with Gasteiger partial charge >= 0.3 is 0 Å². The van der Waals surface area contributed by atoms with E-state index in [4.69, 9.17) is 5.73 Å². The molecule has 0 radical (unpaired) electrons. The zero-order valence-electron chi connectivity index (χ0n) is 8.10. The van der Waals surface area contributed by atoms with Gasteiger partial charge in [0, 0.05) is 6.42 Å². The number of primary amides is 1. The number of nitrogens with one attached hydrogen (secondary N) is 1. The van der Waals surface area contributed by atoms with Gasteiger partial charge in [-0.3, -0.25) is 4.79 Å². The lowest BCUT2D eigenvalue weighted by atomic mass is 10.1. The van der Waals surface area contributed by atoms with Crippen LogP contribution in [-0.4, -0.2) is 15.9 Å². The number of H-pyrrole nitrogens is 1. The zero-order chi connectivity index (χ0) is 10.7. The molecule has 4 heteroatoms. The van der Waals surface area contributed by atoms with Crippen molar-refractivity contribution in [2.75, 3.05) is 0 Å². The molecule has 4 nitrogen and oxygen atoms in total. The predicted octanol–water partition coefficient (Wildman–Crippen LogP) is 1.10. The van der Waals surface area contributed by atoms with E-state index in [2.05, 4.69) is 9.97 Å². The van der Waals surface area contributed by atoms with E-state index < -0.39 is 5.91 Å². The number of rotatable bonds is 3. The summed E-state index contributed by atoms with van der Waals surface area (Å²) in [5.74, 6) is -0.498. The first-order valence-electron chi connectivity index (χ1n) is 4.63. The van der Waals surface area contributed by atoms with Crippen LogP contribution >= 0.6 is 0 Å². The van der Waals surface area contributed by atoms with E-state index in [0.29, 0.717) is 12.1 Å². The molecule has 2 aromatic rings. The molecule has 0 bridgehead atoms. The van der Waals surface area contributed by atoms with Gasteiger partial charge in [0.1, 0.15) is 5.69 Å². The number of imidazole rings is 1. The Morgan fingerprint density at radius 2 is 2.07 bits per heavy atom. The smallest absolute Gasteiger partial charge is 0.269 e. The summed E-state index contributed by atoms with van der Waals surface area (Å²) in [6.07, 6.45) is 2.12. The van der Waals surface area contributed by atoms with Crippen LogP contribution in [0.5, 0.6) is 0 Å². The Morgan fingerprint density at radius 3 is 2.73 bits per heavy atom. The van der Waals surface area contributed by atoms with E-state index in [1.807, 2.05) is 30.3 Å². The first kappa shape index (κ1) is 9.45. The molecule has 1 aromatic heterocycles. The second kappa shape index (κ2) is 3.96. The van der Waals surface area contributed by atoms with Crippen LogP contribution in [0.25, 0.3) is 0 Å². The summed E-state index contributed by atoms with van der Waals surface area (Å²) in [6, 6.07) is 9.84. The molecule has 0 unspecified atom stereocenters. The summed E-state index contributed by atoms with van der Waals surface area (Å²) in [4.78, 5) is 17.8. The summed E-state index contributed by atoms with van der Waals surface area (Å²) in [7, 11) is 0. The number of aromatic nitrogens is 2. The normalized spacial score (nSPS) is 10.1. The number of benzene rings is 1. The van der Waals surface area contributed by atoms with Gasteiger partial charge in [-0.05, 0) is 5.56 Å². The van der Waals surface area contributed by atoms with Crippen LogP contribution in [0.2, 0.25) is 0 Å². The Morgan fingerprint density at radius 1 is 1.33 bits per heavy atom. The topological polar surface area (TPSA) is 71.8 Å². The van der Waals surface area contributed by atoms with Crippen molar-refractivity contribution in [3.8, 4) is 0 Å². The molecule has 1 amide bonds. The molecule has 0 saturated heterocycles. The second-order valence-electron chi connectivity index (χ2n) is 3.26. The first-order valence-corrected chi connectivity index (χ1v) is 4.63. The third-order valence-corrected chi connectivity index (χ3v) is 2.18. The third kappa shape index (κ3) is 2.04. The summed E-state index contributed by atoms with van der Waals surface area (Å²) >= 11 is 0. The Hall–Kier alpha value is -2.10. The standard InChI is InChI=1S/C11H11N3O/c12-11(15)10-9(13-7-14-10)6-8-4-2-1-3-5-8/h1-5,7H,6H2,(H2,12,15)(H,13,14). The minimum absolute atomic E-state index is 0.318. The van der Waals surface area contributed by atoms with Crippen molar-refractivity contribution >= 4 is 5.91 Å². The molecular weight excluding hydrogens is 190 g/mol. The van der Waals surface area contributed by atoms with E-state index in [1.165, 1.54) is 6.33 Å². The van der Waals surface area contributed by atoms with Crippen molar-refractivity contribution in [1.29, 1.82) is 0 Å². The summed E-state index contributed by atoms with van der Waals surface area (Å²) in [6.45, 7) is 0. The van der Waals surface area contributed by atoms with Crippen LogP contribution < -0.4 is 5.73 Å². The van der Waals surface area contributed by atoms with Crippen LogP contribution in [0.4, 0.5) is 0 Å². The van der Waals surface area contributed by atoms with Gasteiger partial charge in [0.2, 0.25) is 0 Å². The third-order valence-electron chi connectivity index (χ3n) is 2.18. The van der Waals surface area contributed by atoms with Crippen LogP contribution in [0.3, 0.4) is 0 Å². The predicted molar refractivity (Wildman–Crippen MR) is 56.4 cm³/mol. The first-order chi connectivity index (χ1) is 7.27. The lowest BCUT2D eigenvalue weighted by molar-refractivity contribution is 0.0995. The fraction of sp³-hybridized carbons (Fsp3) is 0.0909. The highest BCUT2D eigenvalue weighted by atomic mass is 16.1. The van der Waals surface area contributed by atoms with Crippen LogP contribution in [-0.2, 0) is 6.42 Å². The van der Waals surface area contributed by atoms with Crippen LogP contribution in [0.1, 0.15) is 21.7 Å². The number of carbonyl (C=O) groups excluding carboxylic acids is 1. The molecule has 1 aromatic carbocycles. The second-order valence-corrected chi connectivity index (χ2v) is 3.26. The highest BCUT2D eigenvalue weighted by molar-refractivity contribution is 5.91. The number of amides is 1. The molecule has 0 atom stereocenters. The molecule has 15 heavy (non-hydrogen) atoms. The minimum Gasteiger partial charge on any atom is -0.364 e. The van der Waals surface area contributed by atoms with Gasteiger partial charge in [-0.2, -0.15) is 0 Å². The van der Waals surface area contributed by atoms with Gasteiger partial charge in [-0.1, -0.05) is 30.3 Å². The van der Waals surface area contributed by atoms with Gasteiger partial charge in [0.15, 0.2) is 0 Å². The Balaban J connectivity index is 2.25. The summed E-state index contributed by atoms with van der Waals surface area (Å²) in [5, 5.41) is 0. The average molecular weight is 201 g/mol. The number of carbonyl (C=O) groups is 1. The fourth-order valence-corrected chi connectivity index (χ4v) is 1.47. The Labute approximate surface area is 87.1 Å². The van der Waals surface area contributed by atoms with Crippen LogP contribution in [0.15, 0.2) is 36.7 Å². The SMILES string of the molecule is NC(=O)c1nc[nH]c1Cc1ccccc1. The maximum Gasteiger partial charge on any atom is 0.269 e. The lowest BCUT2D eigenvalue weighted by Crippen LogP contribution is -2.14. The van der Waals surface area contributed by atoms with Crippen LogP contribution in [0, 0.1) is 0 Å². The van der Waals surface area contributed by atoms with Gasteiger partial charge in [-0.15, -0.1) is 0 Å². The number of nitrogens with two attached hydrogens (primary N) is 1. The van der Waals surface area contributed by atoms with Gasteiger partial charge in [-0.25, -0.2) is 4.98 Å². The van der Waals surface area contributed by atoms with Crippen molar-refractivity contribution in [1.82, 2.24) is 9.97 Å². The molecular formula is C11H11N3O. The number of aromatic amines is 1. The molecule has 0 saturated carbocycles. The largest absolute Gasteiger partial charge is 0.364 e. The average Bonchev–Trinajstić information content (AvgIpc) is 2.67. The molecule has 3 N–H and O–H groups in total. The molecule has 0 aliphatic carbocycles. The van der Waals surface area contributed by atoms with Crippen molar-refractivity contribution in [3.63, 3.8) is 0 Å². The number of nitrogens with zero attached hydrogens (tertiary/aromatic N) is 1. The van der Waals surface area contributed by atoms with Gasteiger partial charge in [0.25, 0.3) is 5.91 Å². The monoisotopic (exact) mass is 201 g/mol. The van der Waals surface area contributed by atoms with E-state index >= 15 is 0 Å². The van der Waals surface area contributed by atoms with Crippen molar-refractivity contribution in [2.24, 2.45) is 5.73 Å². The maximum absolute atomic E-state index is 11.0. The maximum atomic E-state index is 11.0. The lowest BCUT2D eigenvalue weighted by Gasteiger charge is -1.99. The quantitative estimate of drug-likeness (QED) is 0.780. The molecule has 2 rings (SSSR count). The highest BCUT2D eigenvalue weighted by Crippen LogP contribution is 2.09. The highest BCUT2D eigenvalue weighted by Gasteiger charge is 2.10. The molecule has 76 valence electrons. The fourth-order valence-electron chi connectivity index (χ4n) is 1.47. The summed E-state index contributed by atoms with van der Waals surface area (Å²) < 4.78 is 0. The number of hydrogen-bond acceptors (Lipinski definition) is 2. The molecule has 0 spiro atoms. The van der Waals surface area contributed by atoms with E-state index in [0.717, 1.165) is 11.3 Å². The summed E-state index contributed by atoms with van der Waals surface area (Å²) in [5.41, 5.74) is 7.38. The van der Waals surface area contributed by atoms with E-state index in [-0.39, 0.29) is 0 Å². The van der Waals surface area contributed by atoms with Gasteiger partial charge in [0.05, 0.1) is 12.0 Å².